The quantitative estimate of drug-likeness (QED) is 0.908. The fourth-order valence-electron chi connectivity index (χ4n) is 2.78. The first kappa shape index (κ1) is 17.1. The minimum atomic E-state index is -0.585. The van der Waals surface area contributed by atoms with Crippen molar-refractivity contribution in [2.75, 3.05) is 13.2 Å². The van der Waals surface area contributed by atoms with Gasteiger partial charge >= 0.3 is 0 Å². The first-order chi connectivity index (χ1) is 12.0. The fourth-order valence-corrected chi connectivity index (χ4v) is 2.78. The van der Waals surface area contributed by atoms with Crippen molar-refractivity contribution < 1.29 is 19.0 Å². The van der Waals surface area contributed by atoms with Gasteiger partial charge in [-0.1, -0.05) is 18.2 Å². The largest absolute Gasteiger partial charge is 0.486 e. The van der Waals surface area contributed by atoms with E-state index in [9.17, 15) is 4.79 Å². The van der Waals surface area contributed by atoms with Crippen molar-refractivity contribution in [2.45, 2.75) is 33.0 Å². The number of ether oxygens (including phenoxy) is 3. The number of amides is 1. The summed E-state index contributed by atoms with van der Waals surface area (Å²) in [5.74, 6) is 1.96. The molecule has 25 heavy (non-hydrogen) atoms. The van der Waals surface area contributed by atoms with Crippen LogP contribution in [0.15, 0.2) is 42.5 Å². The van der Waals surface area contributed by atoms with Crippen LogP contribution in [0.3, 0.4) is 0 Å². The maximum Gasteiger partial charge on any atom is 0.260 e. The van der Waals surface area contributed by atoms with Crippen molar-refractivity contribution in [1.29, 1.82) is 0 Å². The molecule has 2 atom stereocenters. The Balaban J connectivity index is 1.51. The molecule has 132 valence electrons. The van der Waals surface area contributed by atoms with E-state index in [0.29, 0.717) is 24.7 Å². The molecule has 5 nitrogen and oxygen atoms in total. The number of nitrogens with one attached hydrogen (secondary N) is 1. The Kier molecular flexibility index (Phi) is 5.12. The van der Waals surface area contributed by atoms with Crippen LogP contribution in [0.5, 0.6) is 17.2 Å². The van der Waals surface area contributed by atoms with Crippen LogP contribution >= 0.6 is 0 Å². The van der Waals surface area contributed by atoms with Crippen LogP contribution in [0.1, 0.15) is 18.1 Å². The highest BCUT2D eigenvalue weighted by Gasteiger charge is 2.22. The first-order valence-corrected chi connectivity index (χ1v) is 8.42. The summed E-state index contributed by atoms with van der Waals surface area (Å²) in [6, 6.07) is 13.4. The molecular weight excluding hydrogens is 318 g/mol. The van der Waals surface area contributed by atoms with Crippen molar-refractivity contribution in [1.82, 2.24) is 5.32 Å². The maximum absolute atomic E-state index is 12.3. The van der Waals surface area contributed by atoms with E-state index in [4.69, 9.17) is 14.2 Å². The molecule has 2 aromatic rings. The van der Waals surface area contributed by atoms with Gasteiger partial charge in [-0.2, -0.15) is 0 Å². The van der Waals surface area contributed by atoms with Crippen LogP contribution in [-0.2, 0) is 4.79 Å². The van der Waals surface area contributed by atoms with Crippen LogP contribution in [-0.4, -0.2) is 31.3 Å². The number of carbonyl (C=O) groups is 1. The summed E-state index contributed by atoms with van der Waals surface area (Å²) in [5, 5.41) is 2.86. The number of fused-ring (bicyclic) bond motifs is 1. The zero-order valence-electron chi connectivity index (χ0n) is 14.7. The van der Waals surface area contributed by atoms with E-state index in [0.717, 1.165) is 16.9 Å². The van der Waals surface area contributed by atoms with E-state index in [-0.39, 0.29) is 12.0 Å². The van der Waals surface area contributed by atoms with E-state index in [1.165, 1.54) is 0 Å². The van der Waals surface area contributed by atoms with Crippen LogP contribution in [0, 0.1) is 13.8 Å². The van der Waals surface area contributed by atoms with E-state index in [2.05, 4.69) is 11.4 Å². The van der Waals surface area contributed by atoms with Gasteiger partial charge in [0.05, 0.1) is 6.54 Å². The minimum absolute atomic E-state index is 0.179. The number of aryl methyl sites for hydroxylation is 2. The summed E-state index contributed by atoms with van der Waals surface area (Å²) in [7, 11) is 0. The topological polar surface area (TPSA) is 56.8 Å². The number of para-hydroxylation sites is 2. The van der Waals surface area contributed by atoms with Crippen molar-refractivity contribution in [3.8, 4) is 17.2 Å². The molecule has 0 spiro atoms. The second-order valence-corrected chi connectivity index (χ2v) is 6.33. The summed E-state index contributed by atoms with van der Waals surface area (Å²) >= 11 is 0. The van der Waals surface area contributed by atoms with Gasteiger partial charge in [-0.25, -0.2) is 0 Å². The van der Waals surface area contributed by atoms with Crippen LogP contribution in [0.25, 0.3) is 0 Å². The Morgan fingerprint density at radius 2 is 1.88 bits per heavy atom. The molecule has 1 aliphatic rings. The predicted molar refractivity (Wildman–Crippen MR) is 95.4 cm³/mol. The smallest absolute Gasteiger partial charge is 0.260 e. The van der Waals surface area contributed by atoms with Crippen LogP contribution < -0.4 is 19.5 Å². The number of carbonyl (C=O) groups excluding carboxylic acids is 1. The van der Waals surface area contributed by atoms with Crippen molar-refractivity contribution in [2.24, 2.45) is 0 Å². The monoisotopic (exact) mass is 341 g/mol. The highest BCUT2D eigenvalue weighted by Crippen LogP contribution is 2.30. The van der Waals surface area contributed by atoms with Gasteiger partial charge in [-0.3, -0.25) is 4.79 Å². The lowest BCUT2D eigenvalue weighted by atomic mass is 10.1. The molecule has 0 aliphatic carbocycles. The zero-order valence-corrected chi connectivity index (χ0v) is 14.7. The van der Waals surface area contributed by atoms with Crippen molar-refractivity contribution in [3.05, 3.63) is 53.6 Å². The Labute approximate surface area is 147 Å². The molecule has 1 aliphatic heterocycles. The van der Waals surface area contributed by atoms with E-state index < -0.39 is 6.10 Å². The van der Waals surface area contributed by atoms with Crippen molar-refractivity contribution in [3.63, 3.8) is 0 Å². The van der Waals surface area contributed by atoms with Gasteiger partial charge in [0.15, 0.2) is 17.6 Å². The third-order valence-electron chi connectivity index (χ3n) is 3.95. The normalized spacial score (nSPS) is 16.8. The number of hydrogen-bond acceptors (Lipinski definition) is 4. The second-order valence-electron chi connectivity index (χ2n) is 6.33. The van der Waals surface area contributed by atoms with Crippen molar-refractivity contribution >= 4 is 5.91 Å². The molecule has 0 fully saturated rings. The molecule has 2 aromatic carbocycles. The summed E-state index contributed by atoms with van der Waals surface area (Å²) in [4.78, 5) is 12.3. The Hall–Kier alpha value is -2.69. The molecule has 1 amide bonds. The van der Waals surface area contributed by atoms with Crippen LogP contribution in [0.2, 0.25) is 0 Å². The third-order valence-corrected chi connectivity index (χ3v) is 3.95. The lowest BCUT2D eigenvalue weighted by Crippen LogP contribution is -2.44. The average molecular weight is 341 g/mol. The molecule has 5 heteroatoms. The number of rotatable bonds is 5. The van der Waals surface area contributed by atoms with Gasteiger partial charge in [0.2, 0.25) is 0 Å². The fraction of sp³-hybridized carbons (Fsp3) is 0.350. The lowest BCUT2D eigenvalue weighted by Gasteiger charge is -2.27. The standard InChI is InChI=1S/C20H23NO4/c1-13-8-14(2)10-16(9-13)24-15(3)20(22)21-11-17-12-23-18-6-4-5-7-19(18)25-17/h4-10,15,17H,11-12H2,1-3H3,(H,21,22)/t15-,17+/m1/s1. The molecule has 0 aromatic heterocycles. The molecule has 3 rings (SSSR count). The predicted octanol–water partition coefficient (Wildman–Crippen LogP) is 3.03. The van der Waals surface area contributed by atoms with E-state index >= 15 is 0 Å². The van der Waals surface area contributed by atoms with Gasteiger partial charge in [-0.15, -0.1) is 0 Å². The van der Waals surface area contributed by atoms with Gasteiger partial charge in [0.1, 0.15) is 18.5 Å². The molecule has 0 unspecified atom stereocenters. The Morgan fingerprint density at radius 3 is 2.60 bits per heavy atom. The third kappa shape index (κ3) is 4.44. The maximum atomic E-state index is 12.3. The van der Waals surface area contributed by atoms with Gasteiger partial charge in [0.25, 0.3) is 5.91 Å². The van der Waals surface area contributed by atoms with Gasteiger partial charge < -0.3 is 19.5 Å². The van der Waals surface area contributed by atoms with E-state index in [1.807, 2.05) is 50.2 Å². The molecule has 1 N–H and O–H groups in total. The van der Waals surface area contributed by atoms with Crippen LogP contribution in [0.4, 0.5) is 0 Å². The Morgan fingerprint density at radius 1 is 1.20 bits per heavy atom. The SMILES string of the molecule is Cc1cc(C)cc(O[C@H](C)C(=O)NC[C@H]2COc3ccccc3O2)c1. The Bertz CT molecular complexity index is 739. The van der Waals surface area contributed by atoms with Gasteiger partial charge in [0, 0.05) is 0 Å². The minimum Gasteiger partial charge on any atom is -0.486 e. The molecule has 0 radical (unpaired) electrons. The first-order valence-electron chi connectivity index (χ1n) is 8.42. The molecule has 0 saturated carbocycles. The molecular formula is C20H23NO4. The molecule has 0 saturated heterocycles. The molecule has 0 bridgehead atoms. The highest BCUT2D eigenvalue weighted by atomic mass is 16.6. The highest BCUT2D eigenvalue weighted by molar-refractivity contribution is 5.80. The summed E-state index contributed by atoms with van der Waals surface area (Å²) < 4.78 is 17.2. The second kappa shape index (κ2) is 7.47. The number of hydrogen-bond donors (Lipinski definition) is 1. The van der Waals surface area contributed by atoms with E-state index in [1.54, 1.807) is 6.92 Å². The average Bonchev–Trinajstić information content (AvgIpc) is 2.58. The lowest BCUT2D eigenvalue weighted by molar-refractivity contribution is -0.127. The summed E-state index contributed by atoms with van der Waals surface area (Å²) in [6.45, 7) is 6.52. The summed E-state index contributed by atoms with van der Waals surface area (Å²) in [5.41, 5.74) is 2.21. The zero-order chi connectivity index (χ0) is 17.8. The van der Waals surface area contributed by atoms with Gasteiger partial charge in [-0.05, 0) is 56.2 Å². The molecule has 1 heterocycles. The summed E-state index contributed by atoms with van der Waals surface area (Å²) in [6.07, 6.45) is -0.801. The number of benzene rings is 2.